The Bertz CT molecular complexity index is 915. The smallest absolute Gasteiger partial charge is 0.222 e. The highest BCUT2D eigenvalue weighted by atomic mass is 16.5. The fourth-order valence-electron chi connectivity index (χ4n) is 2.97. The number of para-hydroxylation sites is 1. The van der Waals surface area contributed by atoms with Crippen LogP contribution in [0.5, 0.6) is 17.4 Å². The van der Waals surface area contributed by atoms with Crippen molar-refractivity contribution in [3.63, 3.8) is 0 Å². The molecule has 3 rings (SSSR count). The van der Waals surface area contributed by atoms with Crippen molar-refractivity contribution in [1.29, 1.82) is 0 Å². The number of ether oxygens (including phenoxy) is 2. The quantitative estimate of drug-likeness (QED) is 0.716. The van der Waals surface area contributed by atoms with Gasteiger partial charge in [0.1, 0.15) is 0 Å². The van der Waals surface area contributed by atoms with Gasteiger partial charge in [0.05, 0.1) is 26.3 Å². The van der Waals surface area contributed by atoms with Gasteiger partial charge in [0.25, 0.3) is 0 Å². The van der Waals surface area contributed by atoms with Crippen LogP contribution in [0.25, 0.3) is 10.9 Å². The van der Waals surface area contributed by atoms with Gasteiger partial charge in [0, 0.05) is 5.39 Å². The van der Waals surface area contributed by atoms with Crippen LogP contribution in [0.2, 0.25) is 0 Å². The maximum Gasteiger partial charge on any atom is 0.222 e. The molecule has 0 aliphatic heterocycles. The average Bonchev–Trinajstić information content (AvgIpc) is 2.87. The number of aryl methyl sites for hydroxylation is 1. The monoisotopic (exact) mass is 326 g/mol. The molecule has 3 aromatic rings. The Labute approximate surface area is 139 Å². The maximum atomic E-state index is 11.1. The van der Waals surface area contributed by atoms with Gasteiger partial charge >= 0.3 is 0 Å². The fourth-order valence-corrected chi connectivity index (χ4v) is 2.97. The summed E-state index contributed by atoms with van der Waals surface area (Å²) in [7, 11) is 3.15. The van der Waals surface area contributed by atoms with Gasteiger partial charge in [0.2, 0.25) is 5.88 Å². The first-order chi connectivity index (χ1) is 11.6. The van der Waals surface area contributed by atoms with Gasteiger partial charge < -0.3 is 19.1 Å². The molecule has 0 saturated heterocycles. The Balaban J connectivity index is 2.14. The standard InChI is InChI=1S/C18H18N2O4/c1-11-5-4-6-13-16(19-22)18(21)20(17(11)13)10-12-7-8-14(23-2)15(9-12)24-3/h4-9,21H,10H2,1-3H3. The van der Waals surface area contributed by atoms with E-state index in [1.165, 1.54) is 0 Å². The molecular weight excluding hydrogens is 308 g/mol. The lowest BCUT2D eigenvalue weighted by Crippen LogP contribution is -2.01. The number of nitrogens with zero attached hydrogens (tertiary/aromatic N) is 2. The van der Waals surface area contributed by atoms with Crippen molar-refractivity contribution in [3.05, 3.63) is 52.4 Å². The third-order valence-corrected chi connectivity index (χ3v) is 4.11. The molecule has 6 nitrogen and oxygen atoms in total. The molecule has 0 radical (unpaired) electrons. The van der Waals surface area contributed by atoms with Crippen molar-refractivity contribution in [2.24, 2.45) is 5.18 Å². The van der Waals surface area contributed by atoms with E-state index in [1.807, 2.05) is 37.3 Å². The largest absolute Gasteiger partial charge is 0.493 e. The predicted molar refractivity (Wildman–Crippen MR) is 92.4 cm³/mol. The highest BCUT2D eigenvalue weighted by molar-refractivity contribution is 5.96. The van der Waals surface area contributed by atoms with E-state index in [4.69, 9.17) is 9.47 Å². The van der Waals surface area contributed by atoms with E-state index in [-0.39, 0.29) is 11.6 Å². The lowest BCUT2D eigenvalue weighted by molar-refractivity contribution is 0.354. The Morgan fingerprint density at radius 2 is 1.88 bits per heavy atom. The van der Waals surface area contributed by atoms with Crippen LogP contribution in [0.4, 0.5) is 5.69 Å². The zero-order valence-corrected chi connectivity index (χ0v) is 13.7. The van der Waals surface area contributed by atoms with E-state index in [2.05, 4.69) is 5.18 Å². The first kappa shape index (κ1) is 15.9. The van der Waals surface area contributed by atoms with Gasteiger partial charge in [-0.2, -0.15) is 0 Å². The van der Waals surface area contributed by atoms with Crippen LogP contribution in [-0.2, 0) is 6.54 Å². The Morgan fingerprint density at radius 1 is 1.12 bits per heavy atom. The molecule has 124 valence electrons. The van der Waals surface area contributed by atoms with Gasteiger partial charge in [-0.15, -0.1) is 4.91 Å². The number of methoxy groups -OCH3 is 2. The second kappa shape index (κ2) is 6.23. The molecule has 0 aliphatic carbocycles. The molecule has 0 amide bonds. The maximum absolute atomic E-state index is 11.1. The third kappa shape index (κ3) is 2.46. The van der Waals surface area contributed by atoms with Gasteiger partial charge in [-0.1, -0.05) is 24.3 Å². The number of rotatable bonds is 5. The highest BCUT2D eigenvalue weighted by Crippen LogP contribution is 2.40. The number of benzene rings is 2. The zero-order valence-electron chi connectivity index (χ0n) is 13.7. The van der Waals surface area contributed by atoms with Crippen LogP contribution in [0.15, 0.2) is 41.6 Å². The van der Waals surface area contributed by atoms with Gasteiger partial charge in [0.15, 0.2) is 17.2 Å². The minimum Gasteiger partial charge on any atom is -0.493 e. The summed E-state index contributed by atoms with van der Waals surface area (Å²) in [6.45, 7) is 2.31. The Hall–Kier alpha value is -3.02. The Kier molecular flexibility index (Phi) is 4.12. The van der Waals surface area contributed by atoms with Crippen molar-refractivity contribution in [3.8, 4) is 17.4 Å². The lowest BCUT2D eigenvalue weighted by Gasteiger charge is -2.12. The Morgan fingerprint density at radius 3 is 2.54 bits per heavy atom. The van der Waals surface area contributed by atoms with Crippen molar-refractivity contribution in [2.75, 3.05) is 14.2 Å². The molecule has 0 bridgehead atoms. The lowest BCUT2D eigenvalue weighted by atomic mass is 10.1. The van der Waals surface area contributed by atoms with Crippen LogP contribution in [0.3, 0.4) is 0 Å². The molecule has 0 spiro atoms. The summed E-state index contributed by atoms with van der Waals surface area (Å²) in [4.78, 5) is 11.1. The van der Waals surface area contributed by atoms with E-state index in [0.717, 1.165) is 16.6 Å². The van der Waals surface area contributed by atoms with Crippen molar-refractivity contribution < 1.29 is 14.6 Å². The van der Waals surface area contributed by atoms with Crippen LogP contribution < -0.4 is 9.47 Å². The minimum atomic E-state index is -0.135. The third-order valence-electron chi connectivity index (χ3n) is 4.11. The average molecular weight is 326 g/mol. The molecule has 24 heavy (non-hydrogen) atoms. The van der Waals surface area contributed by atoms with Crippen molar-refractivity contribution >= 4 is 16.6 Å². The molecule has 1 heterocycles. The van der Waals surface area contributed by atoms with E-state index in [9.17, 15) is 10.0 Å². The number of aromatic hydroxyl groups is 1. The fraction of sp³-hybridized carbons (Fsp3) is 0.222. The summed E-state index contributed by atoms with van der Waals surface area (Å²) >= 11 is 0. The zero-order chi connectivity index (χ0) is 17.3. The molecule has 0 aliphatic rings. The van der Waals surface area contributed by atoms with Crippen LogP contribution in [-0.4, -0.2) is 23.9 Å². The van der Waals surface area contributed by atoms with E-state index in [1.54, 1.807) is 24.9 Å². The molecule has 0 saturated carbocycles. The highest BCUT2D eigenvalue weighted by Gasteiger charge is 2.19. The topological polar surface area (TPSA) is 73.0 Å². The molecule has 1 N–H and O–H groups in total. The summed E-state index contributed by atoms with van der Waals surface area (Å²) in [6, 6.07) is 11.1. The summed E-state index contributed by atoms with van der Waals surface area (Å²) < 4.78 is 12.2. The first-order valence-corrected chi connectivity index (χ1v) is 7.45. The molecule has 0 unspecified atom stereocenters. The molecule has 2 aromatic carbocycles. The summed E-state index contributed by atoms with van der Waals surface area (Å²) in [5.41, 5.74) is 2.72. The van der Waals surface area contributed by atoms with Crippen LogP contribution in [0.1, 0.15) is 11.1 Å². The molecule has 0 atom stereocenters. The molecule has 1 aromatic heterocycles. The second-order valence-electron chi connectivity index (χ2n) is 5.51. The van der Waals surface area contributed by atoms with E-state index in [0.29, 0.717) is 23.4 Å². The minimum absolute atomic E-state index is 0.0641. The van der Waals surface area contributed by atoms with Gasteiger partial charge in [-0.3, -0.25) is 0 Å². The molecular formula is C18H18N2O4. The van der Waals surface area contributed by atoms with Gasteiger partial charge in [-0.05, 0) is 35.4 Å². The van der Waals surface area contributed by atoms with Crippen LogP contribution >= 0.6 is 0 Å². The van der Waals surface area contributed by atoms with Gasteiger partial charge in [-0.25, -0.2) is 0 Å². The molecule has 0 fully saturated rings. The normalized spacial score (nSPS) is 10.8. The second-order valence-corrected chi connectivity index (χ2v) is 5.51. The van der Waals surface area contributed by atoms with E-state index < -0.39 is 0 Å². The summed E-state index contributed by atoms with van der Waals surface area (Å²) in [5.74, 6) is 1.11. The van der Waals surface area contributed by atoms with Crippen molar-refractivity contribution in [1.82, 2.24) is 4.57 Å². The SMILES string of the molecule is COc1ccc(Cn2c(O)c(N=O)c3cccc(C)c32)cc1OC. The predicted octanol–water partition coefficient (Wildman–Crippen LogP) is 4.12. The summed E-state index contributed by atoms with van der Waals surface area (Å²) in [5, 5.41) is 14.1. The number of hydrogen-bond acceptors (Lipinski definition) is 5. The number of hydrogen-bond donors (Lipinski definition) is 1. The number of aromatic nitrogens is 1. The first-order valence-electron chi connectivity index (χ1n) is 7.45. The summed E-state index contributed by atoms with van der Waals surface area (Å²) in [6.07, 6.45) is 0. The molecule has 6 heteroatoms. The van der Waals surface area contributed by atoms with Crippen LogP contribution in [0, 0.1) is 11.8 Å². The number of nitroso groups, excluding NO2 is 1. The number of fused-ring (bicyclic) bond motifs is 1. The van der Waals surface area contributed by atoms with E-state index >= 15 is 0 Å². The van der Waals surface area contributed by atoms with Crippen molar-refractivity contribution in [2.45, 2.75) is 13.5 Å².